The molecule has 32 heavy (non-hydrogen) atoms. The number of methoxy groups -OCH3 is 1. The zero-order valence-electron chi connectivity index (χ0n) is 18.5. The van der Waals surface area contributed by atoms with Crippen molar-refractivity contribution in [2.75, 3.05) is 26.5 Å². The average molecular weight is 431 g/mol. The number of hydrogen-bond donors (Lipinski definition) is 1. The van der Waals surface area contributed by atoms with Gasteiger partial charge in [-0.3, -0.25) is 4.79 Å². The van der Waals surface area contributed by atoms with Crippen LogP contribution in [0.25, 0.3) is 11.0 Å². The van der Waals surface area contributed by atoms with Crippen LogP contribution >= 0.6 is 0 Å². The summed E-state index contributed by atoms with van der Waals surface area (Å²) in [5.41, 5.74) is 3.14. The van der Waals surface area contributed by atoms with Crippen molar-refractivity contribution in [1.82, 2.24) is 9.88 Å². The summed E-state index contributed by atoms with van der Waals surface area (Å²) in [7, 11) is 5.50. The lowest BCUT2D eigenvalue weighted by atomic mass is 10.1. The van der Waals surface area contributed by atoms with Gasteiger partial charge < -0.3 is 24.1 Å². The molecule has 0 aliphatic rings. The SMILES string of the molecule is COc1cc(C)ccc1Oc1ccc(NC(=O)c2oc3ccccc3c2CN(C)C)cn1. The number of hydrogen-bond acceptors (Lipinski definition) is 6. The molecule has 0 spiro atoms. The highest BCUT2D eigenvalue weighted by molar-refractivity contribution is 6.06. The fourth-order valence-corrected chi connectivity index (χ4v) is 3.43. The monoisotopic (exact) mass is 431 g/mol. The third-order valence-corrected chi connectivity index (χ3v) is 4.91. The highest BCUT2D eigenvalue weighted by Gasteiger charge is 2.21. The van der Waals surface area contributed by atoms with E-state index in [4.69, 9.17) is 13.9 Å². The van der Waals surface area contributed by atoms with Crippen LogP contribution in [0.2, 0.25) is 0 Å². The van der Waals surface area contributed by atoms with Crippen molar-refractivity contribution in [2.45, 2.75) is 13.5 Å². The number of benzene rings is 2. The van der Waals surface area contributed by atoms with E-state index < -0.39 is 0 Å². The number of furan rings is 1. The molecule has 0 saturated heterocycles. The maximum Gasteiger partial charge on any atom is 0.291 e. The van der Waals surface area contributed by atoms with Crippen LogP contribution in [0.3, 0.4) is 0 Å². The number of aryl methyl sites for hydroxylation is 1. The van der Waals surface area contributed by atoms with Crippen LogP contribution in [0.4, 0.5) is 5.69 Å². The summed E-state index contributed by atoms with van der Waals surface area (Å²) < 4.78 is 17.1. The summed E-state index contributed by atoms with van der Waals surface area (Å²) in [6.45, 7) is 2.57. The van der Waals surface area contributed by atoms with Crippen molar-refractivity contribution in [3.63, 3.8) is 0 Å². The van der Waals surface area contributed by atoms with Gasteiger partial charge in [-0.15, -0.1) is 0 Å². The molecule has 0 atom stereocenters. The number of carbonyl (C=O) groups excluding carboxylic acids is 1. The van der Waals surface area contributed by atoms with Crippen LogP contribution in [-0.4, -0.2) is 37.0 Å². The van der Waals surface area contributed by atoms with Crippen molar-refractivity contribution in [1.29, 1.82) is 0 Å². The topological polar surface area (TPSA) is 76.8 Å². The van der Waals surface area contributed by atoms with Crippen LogP contribution < -0.4 is 14.8 Å². The lowest BCUT2D eigenvalue weighted by Crippen LogP contribution is -2.17. The van der Waals surface area contributed by atoms with E-state index in [-0.39, 0.29) is 5.91 Å². The standard InChI is InChI=1S/C25H25N3O4/c1-16-9-11-21(22(13-16)30-4)31-23-12-10-17(14-26-23)27-25(29)24-19(15-28(2)3)18-7-5-6-8-20(18)32-24/h5-14H,15H2,1-4H3,(H,27,29). The Bertz CT molecular complexity index is 1250. The van der Waals surface area contributed by atoms with Crippen molar-refractivity contribution in [2.24, 2.45) is 0 Å². The normalized spacial score (nSPS) is 11.0. The zero-order chi connectivity index (χ0) is 22.7. The second-order valence-electron chi connectivity index (χ2n) is 7.74. The molecule has 2 heterocycles. The Balaban J connectivity index is 1.52. The Morgan fingerprint density at radius 3 is 2.62 bits per heavy atom. The van der Waals surface area contributed by atoms with Gasteiger partial charge in [0.05, 0.1) is 19.0 Å². The van der Waals surface area contributed by atoms with Crippen LogP contribution in [0.1, 0.15) is 21.7 Å². The summed E-state index contributed by atoms with van der Waals surface area (Å²) in [4.78, 5) is 19.3. The van der Waals surface area contributed by atoms with Gasteiger partial charge in [0.25, 0.3) is 5.91 Å². The van der Waals surface area contributed by atoms with Gasteiger partial charge in [0.2, 0.25) is 5.88 Å². The van der Waals surface area contributed by atoms with Crippen LogP contribution in [0.5, 0.6) is 17.4 Å². The molecule has 0 unspecified atom stereocenters. The smallest absolute Gasteiger partial charge is 0.291 e. The van der Waals surface area contributed by atoms with E-state index >= 15 is 0 Å². The summed E-state index contributed by atoms with van der Waals surface area (Å²) in [5, 5.41) is 3.79. The number of para-hydroxylation sites is 1. The number of rotatable bonds is 7. The molecule has 0 saturated carbocycles. The Kier molecular flexibility index (Phi) is 6.09. The zero-order valence-corrected chi connectivity index (χ0v) is 18.5. The van der Waals surface area contributed by atoms with Gasteiger partial charge >= 0.3 is 0 Å². The van der Waals surface area contributed by atoms with Crippen LogP contribution in [0, 0.1) is 6.92 Å². The van der Waals surface area contributed by atoms with Crippen LogP contribution in [-0.2, 0) is 6.54 Å². The van der Waals surface area contributed by atoms with E-state index in [2.05, 4.69) is 10.3 Å². The maximum atomic E-state index is 13.0. The number of pyridine rings is 1. The highest BCUT2D eigenvalue weighted by Crippen LogP contribution is 2.32. The number of anilines is 1. The minimum atomic E-state index is -0.325. The van der Waals surface area contributed by atoms with Gasteiger partial charge in [0.15, 0.2) is 17.3 Å². The average Bonchev–Trinajstić information content (AvgIpc) is 3.14. The third-order valence-electron chi connectivity index (χ3n) is 4.91. The summed E-state index contributed by atoms with van der Waals surface area (Å²) >= 11 is 0. The van der Waals surface area contributed by atoms with E-state index in [9.17, 15) is 4.79 Å². The maximum absolute atomic E-state index is 13.0. The summed E-state index contributed by atoms with van der Waals surface area (Å²) in [6.07, 6.45) is 1.54. The predicted molar refractivity (Wildman–Crippen MR) is 124 cm³/mol. The summed E-state index contributed by atoms with van der Waals surface area (Å²) in [5.74, 6) is 1.56. The largest absolute Gasteiger partial charge is 0.493 e. The van der Waals surface area contributed by atoms with Crippen molar-refractivity contribution >= 4 is 22.6 Å². The van der Waals surface area contributed by atoms with Gasteiger partial charge in [-0.1, -0.05) is 24.3 Å². The Labute approximate surface area is 186 Å². The molecule has 0 radical (unpaired) electrons. The lowest BCUT2D eigenvalue weighted by Gasteiger charge is -2.11. The van der Waals surface area contributed by atoms with E-state index in [0.29, 0.717) is 41.0 Å². The molecule has 4 rings (SSSR count). The number of ether oxygens (including phenoxy) is 2. The molecular formula is C25H25N3O4. The molecule has 4 aromatic rings. The molecule has 7 nitrogen and oxygen atoms in total. The number of nitrogens with zero attached hydrogens (tertiary/aromatic N) is 2. The molecule has 0 aliphatic carbocycles. The molecular weight excluding hydrogens is 406 g/mol. The molecule has 164 valence electrons. The fourth-order valence-electron chi connectivity index (χ4n) is 3.43. The molecule has 2 aromatic carbocycles. The third kappa shape index (κ3) is 4.58. The molecule has 1 amide bonds. The van der Waals surface area contributed by atoms with Gasteiger partial charge in [-0.2, -0.15) is 0 Å². The second kappa shape index (κ2) is 9.11. The minimum Gasteiger partial charge on any atom is -0.493 e. The van der Waals surface area contributed by atoms with E-state index in [1.807, 2.05) is 68.4 Å². The Hall–Kier alpha value is -3.84. The number of carbonyl (C=O) groups is 1. The fraction of sp³-hybridized carbons (Fsp3) is 0.200. The van der Waals surface area contributed by atoms with Crippen molar-refractivity contribution in [3.05, 3.63) is 77.7 Å². The summed E-state index contributed by atoms with van der Waals surface area (Å²) in [6, 6.07) is 16.7. The molecule has 7 heteroatoms. The molecule has 0 aliphatic heterocycles. The van der Waals surface area contributed by atoms with E-state index in [1.54, 1.807) is 25.4 Å². The van der Waals surface area contributed by atoms with Crippen LogP contribution in [0.15, 0.2) is 65.2 Å². The van der Waals surface area contributed by atoms with Gasteiger partial charge in [-0.25, -0.2) is 4.98 Å². The quantitative estimate of drug-likeness (QED) is 0.431. The number of nitrogens with one attached hydrogen (secondary N) is 1. The predicted octanol–water partition coefficient (Wildman–Crippen LogP) is 5.25. The van der Waals surface area contributed by atoms with Gasteiger partial charge in [0, 0.05) is 23.6 Å². The Morgan fingerprint density at radius 1 is 1.09 bits per heavy atom. The Morgan fingerprint density at radius 2 is 1.91 bits per heavy atom. The van der Waals surface area contributed by atoms with Gasteiger partial charge in [-0.05, 0) is 50.8 Å². The first kappa shape index (κ1) is 21.4. The molecule has 0 bridgehead atoms. The second-order valence-corrected chi connectivity index (χ2v) is 7.74. The number of aromatic nitrogens is 1. The van der Waals surface area contributed by atoms with Crippen molar-refractivity contribution in [3.8, 4) is 17.4 Å². The van der Waals surface area contributed by atoms with E-state index in [1.165, 1.54) is 0 Å². The first-order valence-corrected chi connectivity index (χ1v) is 10.2. The van der Waals surface area contributed by atoms with Crippen molar-refractivity contribution < 1.29 is 18.7 Å². The highest BCUT2D eigenvalue weighted by atomic mass is 16.5. The van der Waals surface area contributed by atoms with Gasteiger partial charge in [0.1, 0.15) is 5.58 Å². The van der Waals surface area contributed by atoms with E-state index in [0.717, 1.165) is 16.5 Å². The minimum absolute atomic E-state index is 0.296. The first-order valence-electron chi connectivity index (χ1n) is 10.2. The molecule has 2 aromatic heterocycles. The lowest BCUT2D eigenvalue weighted by molar-refractivity contribution is 0.0996. The number of amides is 1. The number of fused-ring (bicyclic) bond motifs is 1. The molecule has 0 fully saturated rings. The molecule has 1 N–H and O–H groups in total. The first-order chi connectivity index (χ1) is 15.4.